The third kappa shape index (κ3) is 5.09. The molecule has 3 rings (SSSR count). The van der Waals surface area contributed by atoms with Gasteiger partial charge >= 0.3 is 11.3 Å². The summed E-state index contributed by atoms with van der Waals surface area (Å²) in [6, 6.07) is 9.57. The predicted molar refractivity (Wildman–Crippen MR) is 115 cm³/mol. The molecule has 1 aromatic heterocycles. The molecule has 31 heavy (non-hydrogen) atoms. The quantitative estimate of drug-likeness (QED) is 0.342. The van der Waals surface area contributed by atoms with Gasteiger partial charge in [0, 0.05) is 29.1 Å². The fraction of sp³-hybridized carbons (Fsp3) is 0.286. The molecule has 2 aromatic carbocycles. The summed E-state index contributed by atoms with van der Waals surface area (Å²) in [5.41, 5.74) is -0.674. The van der Waals surface area contributed by atoms with Gasteiger partial charge in [-0.1, -0.05) is 6.92 Å². The van der Waals surface area contributed by atoms with E-state index >= 15 is 0 Å². The van der Waals surface area contributed by atoms with E-state index in [4.69, 9.17) is 9.15 Å². The summed E-state index contributed by atoms with van der Waals surface area (Å²) in [7, 11) is -3.96. The Balaban J connectivity index is 2.02. The Labute approximate surface area is 178 Å². The Bertz CT molecular complexity index is 1320. The Kier molecular flexibility index (Phi) is 5.88. The van der Waals surface area contributed by atoms with Crippen molar-refractivity contribution in [3.05, 3.63) is 68.6 Å². The first-order valence-electron chi connectivity index (χ1n) is 9.47. The molecule has 0 amide bonds. The molecule has 0 radical (unpaired) electrons. The highest BCUT2D eigenvalue weighted by atomic mass is 32.2. The molecule has 1 heterocycles. The van der Waals surface area contributed by atoms with Crippen molar-refractivity contribution >= 4 is 26.7 Å². The van der Waals surface area contributed by atoms with Gasteiger partial charge in [0.2, 0.25) is 15.8 Å². The van der Waals surface area contributed by atoms with E-state index in [9.17, 15) is 23.3 Å². The minimum absolute atomic E-state index is 0.145. The lowest BCUT2D eigenvalue weighted by Gasteiger charge is -2.20. The Morgan fingerprint density at radius 3 is 2.45 bits per heavy atom. The number of hydrogen-bond acceptors (Lipinski definition) is 7. The van der Waals surface area contributed by atoms with E-state index in [0.29, 0.717) is 6.42 Å². The molecule has 3 aromatic rings. The molecule has 0 saturated carbocycles. The van der Waals surface area contributed by atoms with Gasteiger partial charge in [-0.15, -0.1) is 0 Å². The zero-order valence-electron chi connectivity index (χ0n) is 17.5. The number of nitro benzene ring substituents is 1. The maximum absolute atomic E-state index is 12.5. The number of sulfonamides is 1. The zero-order valence-corrected chi connectivity index (χ0v) is 18.3. The third-order valence-electron chi connectivity index (χ3n) is 4.29. The maximum atomic E-state index is 12.5. The number of benzene rings is 2. The minimum atomic E-state index is -3.96. The van der Waals surface area contributed by atoms with Gasteiger partial charge in [-0.2, -0.15) is 0 Å². The van der Waals surface area contributed by atoms with Crippen LogP contribution in [0.3, 0.4) is 0 Å². The van der Waals surface area contributed by atoms with Crippen molar-refractivity contribution in [2.75, 3.05) is 0 Å². The molecule has 0 aliphatic heterocycles. The molecule has 1 N–H and O–H groups in total. The monoisotopic (exact) mass is 446 g/mol. The van der Waals surface area contributed by atoms with Crippen LogP contribution in [-0.2, 0) is 16.4 Å². The number of fused-ring (bicyclic) bond motifs is 1. The summed E-state index contributed by atoms with van der Waals surface area (Å²) < 4.78 is 38.3. The molecule has 0 atom stereocenters. The van der Waals surface area contributed by atoms with Gasteiger partial charge in [0.05, 0.1) is 9.82 Å². The van der Waals surface area contributed by atoms with Crippen molar-refractivity contribution < 1.29 is 22.5 Å². The van der Waals surface area contributed by atoms with Crippen molar-refractivity contribution in [2.24, 2.45) is 0 Å². The average molecular weight is 446 g/mol. The molecule has 0 bridgehead atoms. The number of nitrogens with zero attached hydrogens (tertiary/aromatic N) is 1. The van der Waals surface area contributed by atoms with Crippen LogP contribution < -0.4 is 15.1 Å². The lowest BCUT2D eigenvalue weighted by Crippen LogP contribution is -2.40. The zero-order chi connectivity index (χ0) is 23.0. The van der Waals surface area contributed by atoms with Crippen LogP contribution in [-0.4, -0.2) is 18.9 Å². The summed E-state index contributed by atoms with van der Waals surface area (Å²) in [5, 5.41) is 12.3. The van der Waals surface area contributed by atoms with E-state index in [2.05, 4.69) is 4.72 Å². The summed E-state index contributed by atoms with van der Waals surface area (Å²) >= 11 is 0. The highest BCUT2D eigenvalue weighted by Gasteiger charge is 2.26. The van der Waals surface area contributed by atoms with Gasteiger partial charge < -0.3 is 9.15 Å². The van der Waals surface area contributed by atoms with Crippen molar-refractivity contribution in [1.29, 1.82) is 0 Å². The van der Waals surface area contributed by atoms with Crippen LogP contribution in [0.25, 0.3) is 11.0 Å². The average Bonchev–Trinajstić information content (AvgIpc) is 2.65. The standard InChI is InChI=1S/C21H22N2O7S/c1-5-13-10-20(24)30-19-11-14(6-8-16(13)19)29-18-9-7-15(12-17(18)23(25)26)31(27,28)22-21(2,3)4/h6-12,22H,5H2,1-4H3. The smallest absolute Gasteiger partial charge is 0.336 e. The fourth-order valence-corrected chi connectivity index (χ4v) is 4.49. The van der Waals surface area contributed by atoms with Crippen LogP contribution in [0, 0.1) is 10.1 Å². The highest BCUT2D eigenvalue weighted by molar-refractivity contribution is 7.89. The van der Waals surface area contributed by atoms with Crippen LogP contribution in [0.1, 0.15) is 33.3 Å². The van der Waals surface area contributed by atoms with Gasteiger partial charge in [0.25, 0.3) is 0 Å². The Hall–Kier alpha value is -3.24. The van der Waals surface area contributed by atoms with Crippen LogP contribution in [0.2, 0.25) is 0 Å². The number of nitrogens with one attached hydrogen (secondary N) is 1. The van der Waals surface area contributed by atoms with E-state index in [1.807, 2.05) is 6.92 Å². The molecule has 0 aliphatic carbocycles. The second-order valence-electron chi connectivity index (χ2n) is 7.95. The van der Waals surface area contributed by atoms with Crippen LogP contribution in [0.15, 0.2) is 56.6 Å². The highest BCUT2D eigenvalue weighted by Crippen LogP contribution is 2.35. The summed E-state index contributed by atoms with van der Waals surface area (Å²) in [4.78, 5) is 22.3. The molecule has 10 heteroatoms. The van der Waals surface area contributed by atoms with Gasteiger partial charge in [0.15, 0.2) is 0 Å². The Morgan fingerprint density at radius 2 is 1.84 bits per heavy atom. The summed E-state index contributed by atoms with van der Waals surface area (Å²) in [5.74, 6) is 0.0588. The predicted octanol–water partition coefficient (Wildman–Crippen LogP) is 4.13. The van der Waals surface area contributed by atoms with Crippen molar-refractivity contribution in [1.82, 2.24) is 4.72 Å². The first kappa shape index (κ1) is 22.4. The van der Waals surface area contributed by atoms with Gasteiger partial charge in [0.1, 0.15) is 11.3 Å². The second-order valence-corrected chi connectivity index (χ2v) is 9.63. The molecule has 0 spiro atoms. The minimum Gasteiger partial charge on any atom is -0.450 e. The van der Waals surface area contributed by atoms with Gasteiger partial charge in [-0.05, 0) is 57.0 Å². The van der Waals surface area contributed by atoms with Crippen molar-refractivity contribution in [2.45, 2.75) is 44.6 Å². The number of nitro groups is 1. The van der Waals surface area contributed by atoms with Crippen molar-refractivity contribution in [3.8, 4) is 11.5 Å². The molecule has 0 saturated heterocycles. The molecular formula is C21H22N2O7S. The molecule has 164 valence electrons. The second kappa shape index (κ2) is 8.12. The first-order chi connectivity index (χ1) is 14.4. The van der Waals surface area contributed by atoms with E-state index in [0.717, 1.165) is 17.0 Å². The van der Waals surface area contributed by atoms with E-state index < -0.39 is 31.8 Å². The molecule has 0 aliphatic rings. The van der Waals surface area contributed by atoms with Gasteiger partial charge in [-0.3, -0.25) is 10.1 Å². The normalized spacial score (nSPS) is 12.1. The number of rotatable bonds is 6. The maximum Gasteiger partial charge on any atom is 0.336 e. The van der Waals surface area contributed by atoms with E-state index in [1.54, 1.807) is 32.9 Å². The molecular weight excluding hydrogens is 424 g/mol. The van der Waals surface area contributed by atoms with Crippen LogP contribution in [0.5, 0.6) is 11.5 Å². The summed E-state index contributed by atoms with van der Waals surface area (Å²) in [6.07, 6.45) is 0.631. The first-order valence-corrected chi connectivity index (χ1v) is 10.9. The molecule has 0 fully saturated rings. The van der Waals surface area contributed by atoms with Gasteiger partial charge in [-0.25, -0.2) is 17.9 Å². The number of hydrogen-bond donors (Lipinski definition) is 1. The third-order valence-corrected chi connectivity index (χ3v) is 6.04. The lowest BCUT2D eigenvalue weighted by molar-refractivity contribution is -0.385. The van der Waals surface area contributed by atoms with E-state index in [-0.39, 0.29) is 22.0 Å². The van der Waals surface area contributed by atoms with Crippen LogP contribution in [0.4, 0.5) is 5.69 Å². The molecule has 9 nitrogen and oxygen atoms in total. The fourth-order valence-electron chi connectivity index (χ4n) is 3.05. The summed E-state index contributed by atoms with van der Waals surface area (Å²) in [6.45, 7) is 6.90. The SMILES string of the molecule is CCc1cc(=O)oc2cc(Oc3ccc(S(=O)(=O)NC(C)(C)C)cc3[N+](=O)[O-])ccc12. The van der Waals surface area contributed by atoms with Crippen LogP contribution >= 0.6 is 0 Å². The number of aryl methyl sites for hydroxylation is 1. The number of ether oxygens (including phenoxy) is 1. The lowest BCUT2D eigenvalue weighted by atomic mass is 10.1. The topological polar surface area (TPSA) is 129 Å². The molecule has 0 unspecified atom stereocenters. The van der Waals surface area contributed by atoms with Crippen molar-refractivity contribution in [3.63, 3.8) is 0 Å². The Morgan fingerprint density at radius 1 is 1.13 bits per heavy atom. The largest absolute Gasteiger partial charge is 0.450 e. The van der Waals surface area contributed by atoms with E-state index in [1.165, 1.54) is 24.3 Å².